The minimum atomic E-state index is -2.91. The number of aromatic nitrogens is 2. The van der Waals surface area contributed by atoms with E-state index >= 15 is 0 Å². The molecule has 5 nitrogen and oxygen atoms in total. The van der Waals surface area contributed by atoms with Gasteiger partial charge in [-0.2, -0.15) is 5.10 Å². The summed E-state index contributed by atoms with van der Waals surface area (Å²) in [6.45, 7) is 2.80. The molecule has 1 aromatic heterocycles. The van der Waals surface area contributed by atoms with Gasteiger partial charge in [0.25, 0.3) is 0 Å². The van der Waals surface area contributed by atoms with Crippen LogP contribution in [0.4, 0.5) is 0 Å². The van der Waals surface area contributed by atoms with Gasteiger partial charge in [-0.25, -0.2) is 8.42 Å². The van der Waals surface area contributed by atoms with E-state index in [2.05, 4.69) is 5.10 Å². The lowest BCUT2D eigenvalue weighted by Crippen LogP contribution is -2.23. The van der Waals surface area contributed by atoms with Gasteiger partial charge in [0.2, 0.25) is 0 Å². The number of nitrogens with zero attached hydrogens (tertiary/aromatic N) is 2. The summed E-state index contributed by atoms with van der Waals surface area (Å²) >= 11 is 0. The van der Waals surface area contributed by atoms with Gasteiger partial charge in [-0.05, 0) is 18.9 Å². The van der Waals surface area contributed by atoms with Crippen molar-refractivity contribution in [1.29, 1.82) is 0 Å². The average molecular weight is 258 g/mol. The number of hydrogen-bond acceptors (Lipinski definition) is 4. The lowest BCUT2D eigenvalue weighted by molar-refractivity contribution is 0.120. The van der Waals surface area contributed by atoms with E-state index in [4.69, 9.17) is 0 Å². The molecule has 96 valence electrons. The third-order valence-electron chi connectivity index (χ3n) is 3.27. The summed E-state index contributed by atoms with van der Waals surface area (Å²) in [7, 11) is -2.91. The number of aliphatic hydroxyl groups is 1. The van der Waals surface area contributed by atoms with Gasteiger partial charge in [0.05, 0.1) is 23.8 Å². The second kappa shape index (κ2) is 4.78. The molecule has 17 heavy (non-hydrogen) atoms. The molecule has 0 bridgehead atoms. The first-order chi connectivity index (χ1) is 8.00. The zero-order valence-corrected chi connectivity index (χ0v) is 10.7. The molecule has 1 aliphatic heterocycles. The van der Waals surface area contributed by atoms with Crippen molar-refractivity contribution < 1.29 is 13.5 Å². The maximum atomic E-state index is 11.3. The van der Waals surface area contributed by atoms with E-state index < -0.39 is 15.9 Å². The minimum Gasteiger partial charge on any atom is -0.392 e. The second-order valence-electron chi connectivity index (χ2n) is 4.64. The predicted molar refractivity (Wildman–Crippen MR) is 64.4 cm³/mol. The highest BCUT2D eigenvalue weighted by Gasteiger charge is 2.32. The largest absolute Gasteiger partial charge is 0.392 e. The molecule has 0 amide bonds. The number of aliphatic hydroxyl groups excluding tert-OH is 1. The first-order valence-electron chi connectivity index (χ1n) is 5.90. The monoisotopic (exact) mass is 258 g/mol. The molecule has 1 aliphatic rings. The lowest BCUT2D eigenvalue weighted by atomic mass is 9.97. The van der Waals surface area contributed by atoms with E-state index in [0.717, 1.165) is 12.1 Å². The highest BCUT2D eigenvalue weighted by molar-refractivity contribution is 7.91. The van der Waals surface area contributed by atoms with Crippen LogP contribution in [0.2, 0.25) is 0 Å². The Labute approximate surface area is 101 Å². The third-order valence-corrected chi connectivity index (χ3v) is 5.06. The van der Waals surface area contributed by atoms with Crippen molar-refractivity contribution in [3.63, 3.8) is 0 Å². The molecule has 0 aromatic carbocycles. The smallest absolute Gasteiger partial charge is 0.150 e. The molecule has 2 unspecified atom stereocenters. The van der Waals surface area contributed by atoms with Crippen molar-refractivity contribution >= 4 is 9.84 Å². The second-order valence-corrected chi connectivity index (χ2v) is 6.87. The van der Waals surface area contributed by atoms with E-state index in [0.29, 0.717) is 12.8 Å². The van der Waals surface area contributed by atoms with Gasteiger partial charge in [-0.15, -0.1) is 0 Å². The van der Waals surface area contributed by atoms with Gasteiger partial charge >= 0.3 is 0 Å². The number of hydrogen-bond donors (Lipinski definition) is 1. The van der Waals surface area contributed by atoms with E-state index in [-0.39, 0.29) is 17.4 Å². The quantitative estimate of drug-likeness (QED) is 0.840. The first-order valence-corrected chi connectivity index (χ1v) is 7.72. The number of rotatable bonds is 4. The van der Waals surface area contributed by atoms with Crippen LogP contribution in [-0.4, -0.2) is 40.9 Å². The summed E-state index contributed by atoms with van der Waals surface area (Å²) in [6.07, 6.45) is 4.11. The average Bonchev–Trinajstić information content (AvgIpc) is 2.84. The minimum absolute atomic E-state index is 0.120. The summed E-state index contributed by atoms with van der Waals surface area (Å²) in [4.78, 5) is 0. The van der Waals surface area contributed by atoms with Crippen molar-refractivity contribution in [1.82, 2.24) is 9.78 Å². The predicted octanol–water partition coefficient (Wildman–Crippen LogP) is 0.241. The van der Waals surface area contributed by atoms with Crippen LogP contribution in [-0.2, 0) is 22.8 Å². The molecule has 1 saturated heterocycles. The van der Waals surface area contributed by atoms with E-state index in [1.807, 2.05) is 13.1 Å². The Kier molecular flexibility index (Phi) is 3.53. The van der Waals surface area contributed by atoms with Crippen LogP contribution in [0.3, 0.4) is 0 Å². The fourth-order valence-corrected chi connectivity index (χ4v) is 4.09. The van der Waals surface area contributed by atoms with Crippen LogP contribution < -0.4 is 0 Å². The zero-order valence-electron chi connectivity index (χ0n) is 9.91. The summed E-state index contributed by atoms with van der Waals surface area (Å²) in [5.74, 6) is 0.212. The highest BCUT2D eigenvalue weighted by Crippen LogP contribution is 2.23. The van der Waals surface area contributed by atoms with Gasteiger partial charge in [0.1, 0.15) is 0 Å². The van der Waals surface area contributed by atoms with E-state index in [1.165, 1.54) is 0 Å². The SMILES string of the molecule is CCn1cc(CC(O)C2CCS(=O)(=O)C2)cn1. The van der Waals surface area contributed by atoms with Gasteiger partial charge < -0.3 is 5.11 Å². The van der Waals surface area contributed by atoms with E-state index in [9.17, 15) is 13.5 Å². The van der Waals surface area contributed by atoms with Crippen molar-refractivity contribution in [3.8, 4) is 0 Å². The summed E-state index contributed by atoms with van der Waals surface area (Å²) < 4.78 is 24.4. The molecule has 0 radical (unpaired) electrons. The topological polar surface area (TPSA) is 72.2 Å². The highest BCUT2D eigenvalue weighted by atomic mass is 32.2. The van der Waals surface area contributed by atoms with Crippen molar-refractivity contribution in [3.05, 3.63) is 18.0 Å². The van der Waals surface area contributed by atoms with Crippen LogP contribution >= 0.6 is 0 Å². The van der Waals surface area contributed by atoms with Crippen LogP contribution in [0.1, 0.15) is 18.9 Å². The molecule has 2 heterocycles. The Bertz CT molecular complexity index is 481. The van der Waals surface area contributed by atoms with Crippen molar-refractivity contribution in [2.45, 2.75) is 32.4 Å². The van der Waals surface area contributed by atoms with Crippen LogP contribution in [0.25, 0.3) is 0 Å². The van der Waals surface area contributed by atoms with Gasteiger partial charge in [-0.3, -0.25) is 4.68 Å². The molecule has 0 spiro atoms. The third kappa shape index (κ3) is 3.07. The molecule has 1 N–H and O–H groups in total. The number of aryl methyl sites for hydroxylation is 1. The van der Waals surface area contributed by atoms with E-state index in [1.54, 1.807) is 10.9 Å². The summed E-state index contributed by atoms with van der Waals surface area (Å²) in [5, 5.41) is 14.1. The Balaban J connectivity index is 1.95. The number of sulfone groups is 1. The first kappa shape index (κ1) is 12.6. The molecular weight excluding hydrogens is 240 g/mol. The van der Waals surface area contributed by atoms with Gasteiger partial charge in [-0.1, -0.05) is 0 Å². The molecule has 0 aliphatic carbocycles. The molecular formula is C11H18N2O3S. The Morgan fingerprint density at radius 1 is 1.65 bits per heavy atom. The lowest BCUT2D eigenvalue weighted by Gasteiger charge is -2.15. The zero-order chi connectivity index (χ0) is 12.5. The van der Waals surface area contributed by atoms with Crippen molar-refractivity contribution in [2.75, 3.05) is 11.5 Å². The molecule has 1 aromatic rings. The van der Waals surface area contributed by atoms with Crippen molar-refractivity contribution in [2.24, 2.45) is 5.92 Å². The van der Waals surface area contributed by atoms with Gasteiger partial charge in [0, 0.05) is 25.1 Å². The molecule has 0 saturated carbocycles. The molecule has 2 atom stereocenters. The Hall–Kier alpha value is -0.880. The maximum Gasteiger partial charge on any atom is 0.150 e. The molecule has 6 heteroatoms. The van der Waals surface area contributed by atoms with Crippen LogP contribution in [0, 0.1) is 5.92 Å². The molecule has 2 rings (SSSR count). The summed E-state index contributed by atoms with van der Waals surface area (Å²) in [5.41, 5.74) is 0.962. The van der Waals surface area contributed by atoms with Crippen LogP contribution in [0.5, 0.6) is 0 Å². The fraction of sp³-hybridized carbons (Fsp3) is 0.727. The summed E-state index contributed by atoms with van der Waals surface area (Å²) in [6, 6.07) is 0. The standard InChI is InChI=1S/C11H18N2O3S/c1-2-13-7-9(6-12-13)5-11(14)10-3-4-17(15,16)8-10/h6-7,10-11,14H,2-5,8H2,1H3. The van der Waals surface area contributed by atoms with Gasteiger partial charge in [0.15, 0.2) is 9.84 Å². The van der Waals surface area contributed by atoms with Crippen LogP contribution in [0.15, 0.2) is 12.4 Å². The normalized spacial score (nSPS) is 24.9. The fourth-order valence-electron chi connectivity index (χ4n) is 2.22. The Morgan fingerprint density at radius 3 is 2.94 bits per heavy atom. The maximum absolute atomic E-state index is 11.3. The Morgan fingerprint density at radius 2 is 2.41 bits per heavy atom. The molecule has 1 fully saturated rings.